The van der Waals surface area contributed by atoms with Gasteiger partial charge in [-0.05, 0) is 25.5 Å². The van der Waals surface area contributed by atoms with Gasteiger partial charge in [-0.1, -0.05) is 19.1 Å². The van der Waals surface area contributed by atoms with Crippen molar-refractivity contribution in [3.63, 3.8) is 0 Å². The van der Waals surface area contributed by atoms with E-state index in [1.165, 1.54) is 5.56 Å². The van der Waals surface area contributed by atoms with Crippen LogP contribution in [0.2, 0.25) is 0 Å². The molecule has 1 aliphatic heterocycles. The average molecular weight is 491 g/mol. The molecule has 1 saturated heterocycles. The lowest BCUT2D eigenvalue weighted by Gasteiger charge is -2.38. The van der Waals surface area contributed by atoms with E-state index in [2.05, 4.69) is 49.6 Å². The summed E-state index contributed by atoms with van der Waals surface area (Å²) < 4.78 is 16.3. The molecule has 2 rings (SSSR count). The molecule has 1 aromatic rings. The Labute approximate surface area is 180 Å². The van der Waals surface area contributed by atoms with Crippen molar-refractivity contribution in [2.75, 3.05) is 46.6 Å². The van der Waals surface area contributed by atoms with E-state index in [1.54, 1.807) is 7.11 Å². The van der Waals surface area contributed by atoms with Crippen LogP contribution in [0.4, 0.5) is 0 Å². The van der Waals surface area contributed by atoms with E-state index in [-0.39, 0.29) is 29.4 Å². The summed E-state index contributed by atoms with van der Waals surface area (Å²) in [5.41, 5.74) is 2.47. The monoisotopic (exact) mass is 491 g/mol. The molecular formula is C20H34IN3O3. The number of nitrogens with zero attached hydrogens (tertiary/aromatic N) is 1. The molecule has 6 nitrogen and oxygen atoms in total. The van der Waals surface area contributed by atoms with Crippen molar-refractivity contribution in [1.29, 1.82) is 0 Å². The molecule has 154 valence electrons. The summed E-state index contributed by atoms with van der Waals surface area (Å²) in [5.74, 6) is 1.73. The van der Waals surface area contributed by atoms with Crippen molar-refractivity contribution >= 4 is 29.9 Å². The zero-order chi connectivity index (χ0) is 18.8. The van der Waals surface area contributed by atoms with Crippen molar-refractivity contribution in [1.82, 2.24) is 10.6 Å². The molecule has 0 amide bonds. The third kappa shape index (κ3) is 8.23. The van der Waals surface area contributed by atoms with Crippen LogP contribution in [0, 0.1) is 12.3 Å². The van der Waals surface area contributed by atoms with Gasteiger partial charge in [-0.2, -0.15) is 0 Å². The molecule has 0 aromatic heterocycles. The number of benzene rings is 1. The van der Waals surface area contributed by atoms with Crippen LogP contribution in [-0.4, -0.2) is 52.6 Å². The highest BCUT2D eigenvalue weighted by atomic mass is 127. The van der Waals surface area contributed by atoms with E-state index in [4.69, 9.17) is 19.2 Å². The van der Waals surface area contributed by atoms with Gasteiger partial charge in [0.2, 0.25) is 0 Å². The van der Waals surface area contributed by atoms with Crippen LogP contribution < -0.4 is 15.4 Å². The molecule has 0 radical (unpaired) electrons. The van der Waals surface area contributed by atoms with Crippen LogP contribution >= 0.6 is 24.0 Å². The molecule has 2 N–H and O–H groups in total. The van der Waals surface area contributed by atoms with E-state index in [9.17, 15) is 0 Å². The Morgan fingerprint density at radius 2 is 2.04 bits per heavy atom. The number of ether oxygens (including phenoxy) is 3. The lowest BCUT2D eigenvalue weighted by atomic mass is 9.89. The Morgan fingerprint density at radius 3 is 2.67 bits per heavy atom. The summed E-state index contributed by atoms with van der Waals surface area (Å²) in [4.78, 5) is 4.73. The van der Waals surface area contributed by atoms with Crippen LogP contribution in [-0.2, 0) is 16.0 Å². The highest BCUT2D eigenvalue weighted by Gasteiger charge is 2.33. The number of aryl methyl sites for hydroxylation is 1. The summed E-state index contributed by atoms with van der Waals surface area (Å²) in [5, 5.41) is 6.73. The number of aliphatic imine (C=N–C) groups is 1. The Kier molecular flexibility index (Phi) is 11.0. The van der Waals surface area contributed by atoms with Gasteiger partial charge in [0.15, 0.2) is 5.96 Å². The fourth-order valence-corrected chi connectivity index (χ4v) is 2.67. The molecular weight excluding hydrogens is 457 g/mol. The molecule has 0 atom stereocenters. The minimum Gasteiger partial charge on any atom is -0.493 e. The number of hydrogen-bond acceptors (Lipinski definition) is 4. The van der Waals surface area contributed by atoms with E-state index in [0.29, 0.717) is 19.8 Å². The first kappa shape index (κ1) is 24.0. The number of rotatable bonds is 10. The van der Waals surface area contributed by atoms with Gasteiger partial charge < -0.3 is 24.8 Å². The van der Waals surface area contributed by atoms with E-state index < -0.39 is 0 Å². The Bertz CT molecular complexity index is 592. The lowest BCUT2D eigenvalue weighted by Crippen LogP contribution is -2.51. The van der Waals surface area contributed by atoms with Gasteiger partial charge in [0.25, 0.3) is 0 Å². The zero-order valence-electron chi connectivity index (χ0n) is 17.0. The second kappa shape index (κ2) is 12.4. The van der Waals surface area contributed by atoms with Crippen molar-refractivity contribution in [3.05, 3.63) is 29.3 Å². The van der Waals surface area contributed by atoms with Crippen LogP contribution in [0.15, 0.2) is 23.2 Å². The maximum Gasteiger partial charge on any atom is 0.191 e. The Hall–Kier alpha value is -1.06. The van der Waals surface area contributed by atoms with Gasteiger partial charge >= 0.3 is 0 Å². The van der Waals surface area contributed by atoms with Crippen molar-refractivity contribution < 1.29 is 14.2 Å². The minimum absolute atomic E-state index is 0. The number of halogens is 1. The number of guanidine groups is 1. The molecule has 0 spiro atoms. The third-order valence-corrected chi connectivity index (χ3v) is 4.31. The van der Waals surface area contributed by atoms with Gasteiger partial charge in [0.1, 0.15) is 5.75 Å². The Morgan fingerprint density at radius 1 is 1.26 bits per heavy atom. The molecule has 0 unspecified atom stereocenters. The van der Waals surface area contributed by atoms with Crippen molar-refractivity contribution in [2.45, 2.75) is 33.7 Å². The highest BCUT2D eigenvalue weighted by molar-refractivity contribution is 14.0. The summed E-state index contributed by atoms with van der Waals surface area (Å²) >= 11 is 0. The molecule has 1 aliphatic rings. The molecule has 1 heterocycles. The summed E-state index contributed by atoms with van der Waals surface area (Å²) in [6, 6.07) is 6.26. The smallest absolute Gasteiger partial charge is 0.191 e. The maximum absolute atomic E-state index is 5.95. The van der Waals surface area contributed by atoms with Crippen LogP contribution in [0.3, 0.4) is 0 Å². The van der Waals surface area contributed by atoms with Crippen LogP contribution in [0.25, 0.3) is 0 Å². The second-order valence-electron chi connectivity index (χ2n) is 7.16. The first-order chi connectivity index (χ1) is 12.6. The number of nitrogens with one attached hydrogen (secondary N) is 2. The standard InChI is InChI=1S/C20H33N3O3.HI/c1-5-21-19(23-13-20(3)14-25-15-20)22-12-17-8-7-16(2)11-18(17)26-10-6-9-24-4;/h7-8,11H,5-6,9-10,12-15H2,1-4H3,(H2,21,22,23);1H. The van der Waals surface area contributed by atoms with Gasteiger partial charge in [0.05, 0.1) is 26.4 Å². The van der Waals surface area contributed by atoms with Gasteiger partial charge in [0, 0.05) is 44.2 Å². The SMILES string of the molecule is CCNC(=NCc1ccc(C)cc1OCCCOC)NCC1(C)COC1.I. The quantitative estimate of drug-likeness (QED) is 0.228. The predicted molar refractivity (Wildman–Crippen MR) is 120 cm³/mol. The second-order valence-corrected chi connectivity index (χ2v) is 7.16. The zero-order valence-corrected chi connectivity index (χ0v) is 19.3. The van der Waals surface area contributed by atoms with Crippen molar-refractivity contribution in [2.24, 2.45) is 10.4 Å². The number of hydrogen-bond donors (Lipinski definition) is 2. The van der Waals surface area contributed by atoms with E-state index >= 15 is 0 Å². The molecule has 7 heteroatoms. The molecule has 1 fully saturated rings. The van der Waals surface area contributed by atoms with E-state index in [0.717, 1.165) is 50.0 Å². The Balaban J connectivity index is 0.00000364. The maximum atomic E-state index is 5.95. The first-order valence-corrected chi connectivity index (χ1v) is 9.37. The van der Waals surface area contributed by atoms with Crippen molar-refractivity contribution in [3.8, 4) is 5.75 Å². The first-order valence-electron chi connectivity index (χ1n) is 9.37. The lowest BCUT2D eigenvalue weighted by molar-refractivity contribution is -0.0971. The fourth-order valence-electron chi connectivity index (χ4n) is 2.67. The van der Waals surface area contributed by atoms with Gasteiger partial charge in [-0.15, -0.1) is 24.0 Å². The highest BCUT2D eigenvalue weighted by Crippen LogP contribution is 2.25. The van der Waals surface area contributed by atoms with Crippen LogP contribution in [0.1, 0.15) is 31.4 Å². The molecule has 27 heavy (non-hydrogen) atoms. The van der Waals surface area contributed by atoms with E-state index in [1.807, 2.05) is 0 Å². The third-order valence-electron chi connectivity index (χ3n) is 4.31. The molecule has 1 aromatic carbocycles. The van der Waals surface area contributed by atoms with Gasteiger partial charge in [-0.25, -0.2) is 4.99 Å². The summed E-state index contributed by atoms with van der Waals surface area (Å²) in [6.45, 7) is 11.6. The summed E-state index contributed by atoms with van der Waals surface area (Å²) in [7, 11) is 1.71. The minimum atomic E-state index is 0. The topological polar surface area (TPSA) is 64.1 Å². The molecule has 0 saturated carbocycles. The van der Waals surface area contributed by atoms with Crippen LogP contribution in [0.5, 0.6) is 5.75 Å². The number of methoxy groups -OCH3 is 1. The normalized spacial score (nSPS) is 15.5. The predicted octanol–water partition coefficient (Wildman–Crippen LogP) is 3.12. The largest absolute Gasteiger partial charge is 0.493 e. The molecule has 0 bridgehead atoms. The fraction of sp³-hybridized carbons (Fsp3) is 0.650. The average Bonchev–Trinajstić information content (AvgIpc) is 2.60. The molecule has 0 aliphatic carbocycles. The summed E-state index contributed by atoms with van der Waals surface area (Å²) in [6.07, 6.45) is 0.873. The van der Waals surface area contributed by atoms with Gasteiger partial charge in [-0.3, -0.25) is 0 Å².